The molecule has 0 aromatic heterocycles. The average Bonchev–Trinajstić information content (AvgIpc) is 2.71. The van der Waals surface area contributed by atoms with Crippen molar-refractivity contribution in [2.75, 3.05) is 40.3 Å². The predicted octanol–water partition coefficient (Wildman–Crippen LogP) is -0.799. The Balaban J connectivity index is 1.96. The van der Waals surface area contributed by atoms with Gasteiger partial charge in [-0.3, -0.25) is 4.90 Å². The molecule has 4 unspecified atom stereocenters. The monoisotopic (exact) mass is 213 g/mol. The zero-order valence-electron chi connectivity index (χ0n) is 9.98. The first-order chi connectivity index (χ1) is 7.09. The lowest BCUT2D eigenvalue weighted by atomic mass is 10.1. The van der Waals surface area contributed by atoms with Gasteiger partial charge in [0.1, 0.15) is 0 Å². The number of rotatable bonds is 2. The number of likely N-dealkylation sites (tertiary alicyclic amines) is 1. The van der Waals surface area contributed by atoms with Gasteiger partial charge in [0.15, 0.2) is 0 Å². The van der Waals surface area contributed by atoms with Gasteiger partial charge < -0.3 is 15.3 Å². The molecule has 0 saturated carbocycles. The van der Waals surface area contributed by atoms with Crippen LogP contribution in [0.1, 0.15) is 6.92 Å². The van der Waals surface area contributed by atoms with Gasteiger partial charge in [0.05, 0.1) is 6.10 Å². The number of aliphatic hydroxyl groups is 1. The number of nitrogens with zero attached hydrogens (tertiary/aromatic N) is 2. The SMILES string of the molecule is CC1CN(C2CNCC2O)CC1N(C)C. The van der Waals surface area contributed by atoms with Gasteiger partial charge in [0.2, 0.25) is 0 Å². The highest BCUT2D eigenvalue weighted by Gasteiger charge is 2.38. The van der Waals surface area contributed by atoms with Crippen molar-refractivity contribution >= 4 is 0 Å². The van der Waals surface area contributed by atoms with Crippen LogP contribution in [0.15, 0.2) is 0 Å². The molecule has 2 rings (SSSR count). The molecule has 2 aliphatic rings. The van der Waals surface area contributed by atoms with E-state index in [1.807, 2.05) is 0 Å². The second-order valence-electron chi connectivity index (χ2n) is 5.26. The fraction of sp³-hybridized carbons (Fsp3) is 1.00. The fourth-order valence-electron chi connectivity index (χ4n) is 2.95. The van der Waals surface area contributed by atoms with Crippen LogP contribution in [0.5, 0.6) is 0 Å². The Morgan fingerprint density at radius 1 is 1.27 bits per heavy atom. The lowest BCUT2D eigenvalue weighted by molar-refractivity contribution is 0.0935. The third-order valence-corrected chi connectivity index (χ3v) is 3.88. The van der Waals surface area contributed by atoms with E-state index in [4.69, 9.17) is 0 Å². The number of aliphatic hydroxyl groups excluding tert-OH is 1. The molecule has 15 heavy (non-hydrogen) atoms. The van der Waals surface area contributed by atoms with Crippen LogP contribution in [-0.4, -0.2) is 73.4 Å². The van der Waals surface area contributed by atoms with Crippen molar-refractivity contribution in [1.82, 2.24) is 15.1 Å². The highest BCUT2D eigenvalue weighted by atomic mass is 16.3. The smallest absolute Gasteiger partial charge is 0.0831 e. The van der Waals surface area contributed by atoms with Gasteiger partial charge in [-0.05, 0) is 20.0 Å². The van der Waals surface area contributed by atoms with E-state index in [-0.39, 0.29) is 6.10 Å². The molecule has 0 spiro atoms. The van der Waals surface area contributed by atoms with Crippen molar-refractivity contribution in [2.24, 2.45) is 5.92 Å². The molecule has 2 aliphatic heterocycles. The lowest BCUT2D eigenvalue weighted by Crippen LogP contribution is -2.43. The number of hydrogen-bond donors (Lipinski definition) is 2. The number of nitrogens with one attached hydrogen (secondary N) is 1. The van der Waals surface area contributed by atoms with Gasteiger partial charge >= 0.3 is 0 Å². The van der Waals surface area contributed by atoms with Crippen LogP contribution in [0, 0.1) is 5.92 Å². The molecule has 0 radical (unpaired) electrons. The van der Waals surface area contributed by atoms with Crippen LogP contribution in [-0.2, 0) is 0 Å². The van der Waals surface area contributed by atoms with Crippen molar-refractivity contribution in [3.05, 3.63) is 0 Å². The summed E-state index contributed by atoms with van der Waals surface area (Å²) >= 11 is 0. The number of β-amino-alcohol motifs (C(OH)–C–C–N with tert-alkyl or cyclic N) is 1. The highest BCUT2D eigenvalue weighted by molar-refractivity contribution is 4.96. The van der Waals surface area contributed by atoms with E-state index in [9.17, 15) is 5.11 Å². The van der Waals surface area contributed by atoms with Crippen LogP contribution in [0.2, 0.25) is 0 Å². The molecule has 0 aliphatic carbocycles. The second-order valence-corrected chi connectivity index (χ2v) is 5.26. The maximum absolute atomic E-state index is 9.84. The average molecular weight is 213 g/mol. The van der Waals surface area contributed by atoms with Crippen molar-refractivity contribution in [3.63, 3.8) is 0 Å². The van der Waals surface area contributed by atoms with Crippen LogP contribution in [0.3, 0.4) is 0 Å². The topological polar surface area (TPSA) is 38.7 Å². The zero-order valence-corrected chi connectivity index (χ0v) is 9.98. The van der Waals surface area contributed by atoms with Crippen molar-refractivity contribution in [3.8, 4) is 0 Å². The molecule has 4 nitrogen and oxygen atoms in total. The Labute approximate surface area is 92.2 Å². The zero-order chi connectivity index (χ0) is 11.0. The maximum Gasteiger partial charge on any atom is 0.0831 e. The summed E-state index contributed by atoms with van der Waals surface area (Å²) in [5.41, 5.74) is 0. The Morgan fingerprint density at radius 2 is 2.00 bits per heavy atom. The van der Waals surface area contributed by atoms with Crippen LogP contribution in [0.25, 0.3) is 0 Å². The van der Waals surface area contributed by atoms with Crippen molar-refractivity contribution in [1.29, 1.82) is 0 Å². The van der Waals surface area contributed by atoms with E-state index < -0.39 is 0 Å². The summed E-state index contributed by atoms with van der Waals surface area (Å²) in [7, 11) is 4.29. The van der Waals surface area contributed by atoms with Gasteiger partial charge in [0.25, 0.3) is 0 Å². The Morgan fingerprint density at radius 3 is 2.47 bits per heavy atom. The molecule has 2 saturated heterocycles. The Kier molecular flexibility index (Phi) is 3.30. The molecule has 0 bridgehead atoms. The van der Waals surface area contributed by atoms with Gasteiger partial charge in [0, 0.05) is 38.3 Å². The van der Waals surface area contributed by atoms with Crippen molar-refractivity contribution in [2.45, 2.75) is 25.1 Å². The first-order valence-electron chi connectivity index (χ1n) is 5.89. The summed E-state index contributed by atoms with van der Waals surface area (Å²) in [5.74, 6) is 0.702. The second kappa shape index (κ2) is 4.37. The van der Waals surface area contributed by atoms with E-state index in [1.165, 1.54) is 0 Å². The molecule has 0 amide bonds. The summed E-state index contributed by atoms with van der Waals surface area (Å²) in [6, 6.07) is 0.968. The van der Waals surface area contributed by atoms with Gasteiger partial charge in [-0.1, -0.05) is 6.92 Å². The van der Waals surface area contributed by atoms with Crippen LogP contribution >= 0.6 is 0 Å². The quantitative estimate of drug-likeness (QED) is 0.630. The largest absolute Gasteiger partial charge is 0.390 e. The predicted molar refractivity (Wildman–Crippen MR) is 60.9 cm³/mol. The first-order valence-corrected chi connectivity index (χ1v) is 5.89. The third kappa shape index (κ3) is 2.18. The first kappa shape index (κ1) is 11.3. The van der Waals surface area contributed by atoms with E-state index >= 15 is 0 Å². The molecule has 4 atom stereocenters. The molecule has 2 N–H and O–H groups in total. The molecule has 88 valence electrons. The van der Waals surface area contributed by atoms with Crippen LogP contribution < -0.4 is 5.32 Å². The van der Waals surface area contributed by atoms with Gasteiger partial charge in [-0.25, -0.2) is 0 Å². The summed E-state index contributed by atoms with van der Waals surface area (Å²) in [4.78, 5) is 4.75. The molecule has 4 heteroatoms. The number of hydrogen-bond acceptors (Lipinski definition) is 4. The van der Waals surface area contributed by atoms with E-state index in [2.05, 4.69) is 36.1 Å². The molecule has 2 fully saturated rings. The van der Waals surface area contributed by atoms with Gasteiger partial charge in [-0.2, -0.15) is 0 Å². The maximum atomic E-state index is 9.84. The minimum absolute atomic E-state index is 0.182. The molecule has 2 heterocycles. The summed E-state index contributed by atoms with van der Waals surface area (Å²) < 4.78 is 0. The molecular formula is C11H23N3O. The highest BCUT2D eigenvalue weighted by Crippen LogP contribution is 2.24. The van der Waals surface area contributed by atoms with Crippen LogP contribution in [0.4, 0.5) is 0 Å². The standard InChI is InChI=1S/C11H23N3O/c1-8-6-14(7-10(8)13(2)3)9-4-12-5-11(9)15/h8-12,15H,4-7H2,1-3H3. The normalized spacial score (nSPS) is 43.0. The van der Waals surface area contributed by atoms with Crippen molar-refractivity contribution < 1.29 is 5.11 Å². The summed E-state index contributed by atoms with van der Waals surface area (Å²) in [6.45, 7) is 6.21. The minimum atomic E-state index is -0.182. The van der Waals surface area contributed by atoms with E-state index in [1.54, 1.807) is 0 Å². The van der Waals surface area contributed by atoms with E-state index in [0.29, 0.717) is 18.0 Å². The Bertz CT molecular complexity index is 222. The summed E-state index contributed by atoms with van der Waals surface area (Å²) in [6.07, 6.45) is -0.182. The Hall–Kier alpha value is -0.160. The number of likely N-dealkylation sites (N-methyl/N-ethyl adjacent to an activating group) is 1. The summed E-state index contributed by atoms with van der Waals surface area (Å²) in [5, 5.41) is 13.1. The molecule has 0 aromatic rings. The third-order valence-electron chi connectivity index (χ3n) is 3.88. The minimum Gasteiger partial charge on any atom is -0.390 e. The lowest BCUT2D eigenvalue weighted by Gasteiger charge is -2.27. The van der Waals surface area contributed by atoms with Gasteiger partial charge in [-0.15, -0.1) is 0 Å². The molecular weight excluding hydrogens is 190 g/mol. The molecule has 0 aromatic carbocycles. The van der Waals surface area contributed by atoms with E-state index in [0.717, 1.165) is 26.2 Å². The fourth-order valence-corrected chi connectivity index (χ4v) is 2.95.